The van der Waals surface area contributed by atoms with Crippen LogP contribution in [0, 0.1) is 5.41 Å². The molecule has 1 aromatic carbocycles. The quantitative estimate of drug-likeness (QED) is 0.671. The Morgan fingerprint density at radius 1 is 1.29 bits per heavy atom. The molecule has 21 heavy (non-hydrogen) atoms. The van der Waals surface area contributed by atoms with E-state index in [0.29, 0.717) is 5.02 Å². The predicted molar refractivity (Wildman–Crippen MR) is 87.2 cm³/mol. The van der Waals surface area contributed by atoms with E-state index in [2.05, 4.69) is 0 Å². The van der Waals surface area contributed by atoms with Crippen molar-refractivity contribution in [3.8, 4) is 11.3 Å². The Kier molecular flexibility index (Phi) is 4.48. The summed E-state index contributed by atoms with van der Waals surface area (Å²) in [5, 5.41) is 8.17. The van der Waals surface area contributed by atoms with Gasteiger partial charge in [-0.25, -0.2) is 0 Å². The summed E-state index contributed by atoms with van der Waals surface area (Å²) in [5.41, 5.74) is 7.19. The fraction of sp³-hybridized carbons (Fsp3) is 0.250. The van der Waals surface area contributed by atoms with Crippen LogP contribution in [-0.4, -0.2) is 10.4 Å². The van der Waals surface area contributed by atoms with E-state index in [9.17, 15) is 4.79 Å². The van der Waals surface area contributed by atoms with E-state index < -0.39 is 0 Å². The molecule has 110 valence electrons. The molecule has 1 aromatic heterocycles. The largest absolute Gasteiger partial charge is 0.384 e. The second-order valence-corrected chi connectivity index (χ2v) is 5.42. The minimum atomic E-state index is -0.232. The van der Waals surface area contributed by atoms with E-state index in [4.69, 9.17) is 22.7 Å². The summed E-state index contributed by atoms with van der Waals surface area (Å²) in [4.78, 5) is 12.6. The molecule has 1 unspecified atom stereocenters. The first-order chi connectivity index (χ1) is 9.95. The molecule has 0 saturated carbocycles. The van der Waals surface area contributed by atoms with Gasteiger partial charge < -0.3 is 10.3 Å². The van der Waals surface area contributed by atoms with Gasteiger partial charge in [-0.1, -0.05) is 30.7 Å². The van der Waals surface area contributed by atoms with Gasteiger partial charge in [0, 0.05) is 11.1 Å². The number of pyridine rings is 1. The van der Waals surface area contributed by atoms with Crippen molar-refractivity contribution in [1.29, 1.82) is 5.41 Å². The molecule has 0 saturated heterocycles. The minimum Gasteiger partial charge on any atom is -0.384 e. The predicted octanol–water partition coefficient (Wildman–Crippen LogP) is 3.42. The molecule has 0 aliphatic heterocycles. The van der Waals surface area contributed by atoms with E-state index in [0.717, 1.165) is 17.7 Å². The van der Waals surface area contributed by atoms with Crippen molar-refractivity contribution < 1.29 is 0 Å². The van der Waals surface area contributed by atoms with Gasteiger partial charge in [0.2, 0.25) is 0 Å². The summed E-state index contributed by atoms with van der Waals surface area (Å²) in [6, 6.07) is 10.8. The minimum absolute atomic E-state index is 0.0162. The highest BCUT2D eigenvalue weighted by atomic mass is 35.5. The highest BCUT2D eigenvalue weighted by Gasteiger charge is 2.15. The van der Waals surface area contributed by atoms with Gasteiger partial charge in [0.05, 0.1) is 11.3 Å². The number of hydrogen-bond acceptors (Lipinski definition) is 2. The summed E-state index contributed by atoms with van der Waals surface area (Å²) in [6.45, 7) is 3.99. The molecule has 1 heterocycles. The van der Waals surface area contributed by atoms with Gasteiger partial charge in [-0.05, 0) is 43.2 Å². The molecule has 2 rings (SSSR count). The number of nitrogens with zero attached hydrogens (tertiary/aromatic N) is 1. The van der Waals surface area contributed by atoms with Crippen LogP contribution in [0.1, 0.15) is 31.9 Å². The standard InChI is InChI=1S/C16H18ClN3O/c1-3-10(2)20-14(11-4-6-12(17)7-5-11)9-8-13(15(18)19)16(20)21/h4-10H,3H2,1-2H3,(H3,18,19). The molecule has 0 aliphatic carbocycles. The second kappa shape index (κ2) is 6.14. The third-order valence-corrected chi connectivity index (χ3v) is 3.83. The molecule has 0 fully saturated rings. The lowest BCUT2D eigenvalue weighted by Gasteiger charge is -2.20. The van der Waals surface area contributed by atoms with Gasteiger partial charge in [-0.2, -0.15) is 0 Å². The van der Waals surface area contributed by atoms with Crippen LogP contribution in [0.15, 0.2) is 41.2 Å². The Labute approximate surface area is 128 Å². The first-order valence-electron chi connectivity index (χ1n) is 6.81. The number of rotatable bonds is 4. The maximum absolute atomic E-state index is 12.6. The number of halogens is 1. The monoisotopic (exact) mass is 303 g/mol. The zero-order chi connectivity index (χ0) is 15.6. The molecular weight excluding hydrogens is 286 g/mol. The molecule has 5 heteroatoms. The zero-order valence-electron chi connectivity index (χ0n) is 12.1. The van der Waals surface area contributed by atoms with E-state index in [1.807, 2.05) is 32.0 Å². The number of hydrogen-bond donors (Lipinski definition) is 2. The normalized spacial score (nSPS) is 12.1. The molecule has 1 atom stereocenters. The molecule has 4 nitrogen and oxygen atoms in total. The summed E-state index contributed by atoms with van der Waals surface area (Å²) >= 11 is 5.91. The number of nitrogens with one attached hydrogen (secondary N) is 1. The van der Waals surface area contributed by atoms with Gasteiger partial charge in [-0.3, -0.25) is 10.2 Å². The maximum Gasteiger partial charge on any atom is 0.262 e. The Balaban J connectivity index is 2.71. The Bertz CT molecular complexity index is 719. The lowest BCUT2D eigenvalue weighted by molar-refractivity contribution is 0.519. The molecule has 0 spiro atoms. The highest BCUT2D eigenvalue weighted by Crippen LogP contribution is 2.24. The topological polar surface area (TPSA) is 71.9 Å². The highest BCUT2D eigenvalue weighted by molar-refractivity contribution is 6.30. The Morgan fingerprint density at radius 3 is 2.43 bits per heavy atom. The molecule has 0 amide bonds. The SMILES string of the molecule is CCC(C)n1c(-c2ccc(Cl)cc2)ccc(C(=N)N)c1=O. The van der Waals surface area contributed by atoms with Crippen LogP contribution in [0.5, 0.6) is 0 Å². The van der Waals surface area contributed by atoms with Crippen molar-refractivity contribution in [3.05, 3.63) is 57.3 Å². The first kappa shape index (κ1) is 15.3. The van der Waals surface area contributed by atoms with Crippen LogP contribution in [0.2, 0.25) is 5.02 Å². The maximum atomic E-state index is 12.6. The third-order valence-electron chi connectivity index (χ3n) is 3.58. The second-order valence-electron chi connectivity index (χ2n) is 4.99. The number of nitrogens with two attached hydrogens (primary N) is 1. The van der Waals surface area contributed by atoms with Crippen LogP contribution in [0.25, 0.3) is 11.3 Å². The molecule has 0 bridgehead atoms. The van der Waals surface area contributed by atoms with Crippen molar-refractivity contribution in [2.75, 3.05) is 0 Å². The Hall–Kier alpha value is -2.07. The van der Waals surface area contributed by atoms with Gasteiger partial charge in [-0.15, -0.1) is 0 Å². The number of amidine groups is 1. The summed E-state index contributed by atoms with van der Waals surface area (Å²) in [5.74, 6) is -0.209. The van der Waals surface area contributed by atoms with E-state index in [1.54, 1.807) is 22.8 Å². The van der Waals surface area contributed by atoms with Gasteiger partial charge in [0.25, 0.3) is 5.56 Å². The first-order valence-corrected chi connectivity index (χ1v) is 7.19. The van der Waals surface area contributed by atoms with E-state index in [1.165, 1.54) is 0 Å². The third kappa shape index (κ3) is 3.00. The molecular formula is C16H18ClN3O. The van der Waals surface area contributed by atoms with Crippen molar-refractivity contribution in [2.45, 2.75) is 26.3 Å². The smallest absolute Gasteiger partial charge is 0.262 e. The lowest BCUT2D eigenvalue weighted by atomic mass is 10.1. The zero-order valence-corrected chi connectivity index (χ0v) is 12.8. The molecule has 3 N–H and O–H groups in total. The number of benzene rings is 1. The number of nitrogen functional groups attached to an aromatic ring is 1. The molecule has 2 aromatic rings. The van der Waals surface area contributed by atoms with Crippen LogP contribution >= 0.6 is 11.6 Å². The van der Waals surface area contributed by atoms with Crippen molar-refractivity contribution in [1.82, 2.24) is 4.57 Å². The van der Waals surface area contributed by atoms with Crippen LogP contribution in [0.3, 0.4) is 0 Å². The average Bonchev–Trinajstić information content (AvgIpc) is 2.46. The fourth-order valence-electron chi connectivity index (χ4n) is 2.23. The molecule has 0 aliphatic rings. The van der Waals surface area contributed by atoms with Crippen LogP contribution in [0.4, 0.5) is 0 Å². The fourth-order valence-corrected chi connectivity index (χ4v) is 2.36. The van der Waals surface area contributed by atoms with Crippen LogP contribution in [-0.2, 0) is 0 Å². The van der Waals surface area contributed by atoms with Crippen molar-refractivity contribution in [2.24, 2.45) is 5.73 Å². The van der Waals surface area contributed by atoms with Gasteiger partial charge in [0.15, 0.2) is 0 Å². The van der Waals surface area contributed by atoms with Gasteiger partial charge in [0.1, 0.15) is 5.84 Å². The summed E-state index contributed by atoms with van der Waals surface area (Å²) < 4.78 is 1.69. The van der Waals surface area contributed by atoms with Crippen molar-refractivity contribution in [3.63, 3.8) is 0 Å². The Morgan fingerprint density at radius 2 is 1.90 bits per heavy atom. The van der Waals surface area contributed by atoms with Gasteiger partial charge >= 0.3 is 0 Å². The number of aromatic nitrogens is 1. The average molecular weight is 304 g/mol. The summed E-state index contributed by atoms with van der Waals surface area (Å²) in [6.07, 6.45) is 0.807. The van der Waals surface area contributed by atoms with Crippen LogP contribution < -0.4 is 11.3 Å². The summed E-state index contributed by atoms with van der Waals surface area (Å²) in [7, 11) is 0. The van der Waals surface area contributed by atoms with E-state index >= 15 is 0 Å². The molecule has 0 radical (unpaired) electrons. The van der Waals surface area contributed by atoms with Crippen molar-refractivity contribution >= 4 is 17.4 Å². The lowest BCUT2D eigenvalue weighted by Crippen LogP contribution is -2.32. The van der Waals surface area contributed by atoms with E-state index in [-0.39, 0.29) is 23.0 Å².